The summed E-state index contributed by atoms with van der Waals surface area (Å²) in [6, 6.07) is 0. The zero-order valence-corrected chi connectivity index (χ0v) is 12.9. The van der Waals surface area contributed by atoms with Crippen molar-refractivity contribution in [3.05, 3.63) is 60.3 Å². The van der Waals surface area contributed by atoms with Crippen LogP contribution in [0.4, 0.5) is 0 Å². The van der Waals surface area contributed by atoms with E-state index in [1.165, 1.54) is 24.5 Å². The molecule has 0 saturated carbocycles. The molecular weight excluding hydrogens is 244 g/mol. The van der Waals surface area contributed by atoms with Gasteiger partial charge in [0.1, 0.15) is 6.29 Å². The summed E-state index contributed by atoms with van der Waals surface area (Å²) < 4.78 is 0. The number of hydrogen-bond donors (Lipinski definition) is 0. The van der Waals surface area contributed by atoms with E-state index in [0.717, 1.165) is 18.3 Å². The molecule has 0 amide bonds. The van der Waals surface area contributed by atoms with E-state index in [-0.39, 0.29) is 0 Å². The van der Waals surface area contributed by atoms with E-state index in [4.69, 9.17) is 0 Å². The van der Waals surface area contributed by atoms with Crippen molar-refractivity contribution in [2.45, 2.75) is 40.0 Å². The fraction of sp³-hybridized carbons (Fsp3) is 0.421. The molecule has 108 valence electrons. The van der Waals surface area contributed by atoms with Crippen LogP contribution >= 0.6 is 0 Å². The molecule has 0 saturated heterocycles. The first kappa shape index (κ1) is 16.4. The third kappa shape index (κ3) is 5.16. The second-order valence-corrected chi connectivity index (χ2v) is 6.12. The molecule has 0 bridgehead atoms. The van der Waals surface area contributed by atoms with Crippen LogP contribution in [0.1, 0.15) is 40.0 Å². The van der Waals surface area contributed by atoms with Gasteiger partial charge in [-0.15, -0.1) is 0 Å². The Morgan fingerprint density at radius 1 is 1.40 bits per heavy atom. The van der Waals surface area contributed by atoms with Gasteiger partial charge in [-0.25, -0.2) is 0 Å². The lowest BCUT2D eigenvalue weighted by Gasteiger charge is -2.36. The predicted octanol–water partition coefficient (Wildman–Crippen LogP) is 5.18. The van der Waals surface area contributed by atoms with Gasteiger partial charge in [0, 0.05) is 5.92 Å². The quantitative estimate of drug-likeness (QED) is 0.281. The normalized spacial score (nSPS) is 22.6. The van der Waals surface area contributed by atoms with E-state index in [1.807, 2.05) is 12.2 Å². The summed E-state index contributed by atoms with van der Waals surface area (Å²) in [5.41, 5.74) is 2.89. The van der Waals surface area contributed by atoms with E-state index < -0.39 is 0 Å². The minimum Gasteiger partial charge on any atom is -0.299 e. The van der Waals surface area contributed by atoms with Crippen molar-refractivity contribution in [2.24, 2.45) is 11.3 Å². The van der Waals surface area contributed by atoms with Crippen LogP contribution in [0.25, 0.3) is 0 Å². The minimum absolute atomic E-state index is 0.331. The number of carbonyl (C=O) groups is 1. The molecule has 1 heteroatoms. The van der Waals surface area contributed by atoms with E-state index in [0.29, 0.717) is 11.3 Å². The van der Waals surface area contributed by atoms with Crippen LogP contribution in [0.3, 0.4) is 0 Å². The second kappa shape index (κ2) is 7.84. The van der Waals surface area contributed by atoms with Gasteiger partial charge in [0.15, 0.2) is 0 Å². The fourth-order valence-electron chi connectivity index (χ4n) is 2.69. The molecule has 0 spiro atoms. The number of carbonyl (C=O) groups excluding carboxylic acids is 1. The zero-order chi connectivity index (χ0) is 15.0. The maximum atomic E-state index is 10.1. The van der Waals surface area contributed by atoms with Crippen molar-refractivity contribution in [1.82, 2.24) is 0 Å². The lowest BCUT2D eigenvalue weighted by atomic mass is 9.68. The molecule has 20 heavy (non-hydrogen) atoms. The molecule has 0 aliphatic heterocycles. The summed E-state index contributed by atoms with van der Waals surface area (Å²) in [6.07, 6.45) is 17.9. The highest BCUT2D eigenvalue weighted by atomic mass is 16.1. The maximum absolute atomic E-state index is 10.1. The lowest BCUT2D eigenvalue weighted by molar-refractivity contribution is -0.104. The van der Waals surface area contributed by atoms with Gasteiger partial charge in [-0.2, -0.15) is 0 Å². The van der Waals surface area contributed by atoms with Gasteiger partial charge in [-0.1, -0.05) is 68.0 Å². The average Bonchev–Trinajstić information content (AvgIpc) is 2.37. The first-order valence-corrected chi connectivity index (χ1v) is 7.27. The van der Waals surface area contributed by atoms with E-state index in [9.17, 15) is 4.79 Å². The molecule has 0 N–H and O–H groups in total. The van der Waals surface area contributed by atoms with Gasteiger partial charge in [0.2, 0.25) is 0 Å². The van der Waals surface area contributed by atoms with Crippen LogP contribution in [0, 0.1) is 11.3 Å². The topological polar surface area (TPSA) is 17.1 Å². The fourth-order valence-corrected chi connectivity index (χ4v) is 2.69. The molecule has 0 aromatic rings. The van der Waals surface area contributed by atoms with Gasteiger partial charge in [0.05, 0.1) is 0 Å². The standard InChI is InChI=1S/C19H26O/c1-16(10-7-5-6-8-15-20)12-13-18-17(2)11-9-14-19(18,3)4/h5-8,11-13,15,18H,1,9-10,14H2,2-4H3/b7-5+,8-6+,13-12+. The van der Waals surface area contributed by atoms with Gasteiger partial charge in [0.25, 0.3) is 0 Å². The van der Waals surface area contributed by atoms with Crippen molar-refractivity contribution in [3.63, 3.8) is 0 Å². The van der Waals surface area contributed by atoms with Gasteiger partial charge in [-0.05, 0) is 37.7 Å². The third-order valence-electron chi connectivity index (χ3n) is 3.93. The van der Waals surface area contributed by atoms with Crippen molar-refractivity contribution in [1.29, 1.82) is 0 Å². The summed E-state index contributed by atoms with van der Waals surface area (Å²) >= 11 is 0. The molecule has 0 aromatic heterocycles. The number of rotatable bonds is 6. The van der Waals surface area contributed by atoms with Crippen LogP contribution < -0.4 is 0 Å². The SMILES string of the molecule is C=C(/C=C/C1C(C)=CCCC1(C)C)C/C=C/C=C/C=O. The first-order chi connectivity index (χ1) is 9.47. The molecule has 1 aliphatic carbocycles. The number of aldehydes is 1. The molecule has 1 nitrogen and oxygen atoms in total. The van der Waals surface area contributed by atoms with Crippen molar-refractivity contribution in [2.75, 3.05) is 0 Å². The molecule has 1 atom stereocenters. The molecule has 0 aromatic carbocycles. The highest BCUT2D eigenvalue weighted by molar-refractivity contribution is 5.65. The maximum Gasteiger partial charge on any atom is 0.142 e. The Balaban J connectivity index is 2.58. The molecule has 1 unspecified atom stereocenters. The van der Waals surface area contributed by atoms with Gasteiger partial charge in [-0.3, -0.25) is 4.79 Å². The average molecular weight is 270 g/mol. The van der Waals surface area contributed by atoms with E-state index in [1.54, 1.807) is 6.08 Å². The Bertz CT molecular complexity index is 458. The summed E-state index contributed by atoms with van der Waals surface area (Å²) in [4.78, 5) is 10.1. The van der Waals surface area contributed by atoms with Crippen LogP contribution in [0.5, 0.6) is 0 Å². The second-order valence-electron chi connectivity index (χ2n) is 6.12. The summed E-state index contributed by atoms with van der Waals surface area (Å²) in [7, 11) is 0. The molecule has 1 rings (SSSR count). The molecule has 0 heterocycles. The summed E-state index contributed by atoms with van der Waals surface area (Å²) in [5, 5.41) is 0. The van der Waals surface area contributed by atoms with Crippen molar-refractivity contribution < 1.29 is 4.79 Å². The molecule has 0 radical (unpaired) electrons. The third-order valence-corrected chi connectivity index (χ3v) is 3.93. The molecular formula is C19H26O. The van der Waals surface area contributed by atoms with Gasteiger partial charge < -0.3 is 0 Å². The Hall–Kier alpha value is -1.63. The largest absolute Gasteiger partial charge is 0.299 e. The van der Waals surface area contributed by atoms with Crippen LogP contribution in [-0.2, 0) is 4.79 Å². The van der Waals surface area contributed by atoms with Crippen molar-refractivity contribution in [3.8, 4) is 0 Å². The van der Waals surface area contributed by atoms with Crippen LogP contribution in [0.2, 0.25) is 0 Å². The number of hydrogen-bond acceptors (Lipinski definition) is 1. The monoisotopic (exact) mass is 270 g/mol. The Morgan fingerprint density at radius 3 is 2.80 bits per heavy atom. The predicted molar refractivity (Wildman–Crippen MR) is 87.5 cm³/mol. The first-order valence-electron chi connectivity index (χ1n) is 7.27. The van der Waals surface area contributed by atoms with E-state index in [2.05, 4.69) is 45.6 Å². The summed E-state index contributed by atoms with van der Waals surface area (Å²) in [5.74, 6) is 0.506. The highest BCUT2D eigenvalue weighted by Crippen LogP contribution is 2.41. The zero-order valence-electron chi connectivity index (χ0n) is 12.9. The highest BCUT2D eigenvalue weighted by Gasteiger charge is 2.30. The van der Waals surface area contributed by atoms with Gasteiger partial charge >= 0.3 is 0 Å². The Kier molecular flexibility index (Phi) is 6.44. The van der Waals surface area contributed by atoms with Crippen LogP contribution in [0.15, 0.2) is 60.3 Å². The van der Waals surface area contributed by atoms with E-state index >= 15 is 0 Å². The summed E-state index contributed by atoms with van der Waals surface area (Å²) in [6.45, 7) is 11.0. The Morgan fingerprint density at radius 2 is 2.15 bits per heavy atom. The van der Waals surface area contributed by atoms with Crippen molar-refractivity contribution >= 4 is 6.29 Å². The minimum atomic E-state index is 0.331. The Labute approximate surface area is 123 Å². The smallest absolute Gasteiger partial charge is 0.142 e. The number of allylic oxidation sites excluding steroid dienone is 9. The lowest BCUT2D eigenvalue weighted by Crippen LogP contribution is -2.26. The molecule has 1 aliphatic rings. The molecule has 0 fully saturated rings. The van der Waals surface area contributed by atoms with Crippen LogP contribution in [-0.4, -0.2) is 6.29 Å².